The van der Waals surface area contributed by atoms with Crippen molar-refractivity contribution in [3.05, 3.63) is 194 Å². The fourth-order valence-corrected chi connectivity index (χ4v) is 8.32. The highest BCUT2D eigenvalue weighted by Gasteiger charge is 2.19. The van der Waals surface area contributed by atoms with Gasteiger partial charge in [-0.05, 0) is 82.6 Å². The van der Waals surface area contributed by atoms with Crippen LogP contribution in [-0.2, 0) is 0 Å². The molecule has 0 amide bonds. The summed E-state index contributed by atoms with van der Waals surface area (Å²) in [5.41, 5.74) is 11.0. The molecule has 11 rings (SSSR count). The monoisotopic (exact) mass is 676 g/mol. The van der Waals surface area contributed by atoms with Crippen molar-refractivity contribution in [2.45, 2.75) is 0 Å². The Labute approximate surface area is 306 Å². The van der Waals surface area contributed by atoms with E-state index in [2.05, 4.69) is 191 Å². The molecular weight excluding hydrogens is 645 g/mol. The predicted molar refractivity (Wildman–Crippen MR) is 223 cm³/mol. The van der Waals surface area contributed by atoms with E-state index < -0.39 is 0 Å². The van der Waals surface area contributed by atoms with Crippen LogP contribution in [0.5, 0.6) is 0 Å². The molecule has 0 saturated heterocycles. The maximum Gasteiger partial charge on any atom is 0.137 e. The first kappa shape index (κ1) is 29.6. The maximum atomic E-state index is 6.32. The fourth-order valence-electron chi connectivity index (χ4n) is 8.32. The van der Waals surface area contributed by atoms with Crippen molar-refractivity contribution in [1.82, 2.24) is 4.57 Å². The van der Waals surface area contributed by atoms with Gasteiger partial charge in [-0.2, -0.15) is 0 Å². The molecule has 0 spiro atoms. The van der Waals surface area contributed by atoms with Crippen LogP contribution >= 0.6 is 0 Å². The maximum absolute atomic E-state index is 6.32. The highest BCUT2D eigenvalue weighted by molar-refractivity contribution is 6.12. The van der Waals surface area contributed by atoms with E-state index in [0.717, 1.165) is 55.8 Å². The zero-order valence-electron chi connectivity index (χ0n) is 28.8. The zero-order valence-corrected chi connectivity index (χ0v) is 28.8. The van der Waals surface area contributed by atoms with E-state index in [1.807, 2.05) is 12.1 Å². The van der Waals surface area contributed by atoms with Crippen molar-refractivity contribution in [1.29, 1.82) is 0 Å². The number of aromatic nitrogens is 1. The third-order valence-corrected chi connectivity index (χ3v) is 10.7. The van der Waals surface area contributed by atoms with Gasteiger partial charge in [-0.1, -0.05) is 127 Å². The van der Waals surface area contributed by atoms with Crippen LogP contribution in [0.4, 0.5) is 17.1 Å². The van der Waals surface area contributed by atoms with Gasteiger partial charge in [0.25, 0.3) is 0 Å². The van der Waals surface area contributed by atoms with E-state index in [4.69, 9.17) is 4.42 Å². The molecule has 0 aliphatic heterocycles. The molecule has 0 saturated carbocycles. The Morgan fingerprint density at radius 1 is 0.358 bits per heavy atom. The summed E-state index contributed by atoms with van der Waals surface area (Å²) in [5, 5.41) is 9.56. The average Bonchev–Trinajstić information content (AvgIpc) is 3.76. The number of rotatable bonds is 5. The minimum Gasteiger partial charge on any atom is -0.456 e. The second-order valence-corrected chi connectivity index (χ2v) is 13.7. The predicted octanol–water partition coefficient (Wildman–Crippen LogP) is 14.1. The van der Waals surface area contributed by atoms with E-state index in [1.165, 1.54) is 43.4 Å². The van der Waals surface area contributed by atoms with Gasteiger partial charge >= 0.3 is 0 Å². The molecular formula is C50H32N2O. The van der Waals surface area contributed by atoms with Gasteiger partial charge < -0.3 is 13.9 Å². The lowest BCUT2D eigenvalue weighted by atomic mass is 10.0. The largest absolute Gasteiger partial charge is 0.456 e. The number of furan rings is 1. The van der Waals surface area contributed by atoms with Crippen LogP contribution in [0.15, 0.2) is 199 Å². The van der Waals surface area contributed by atoms with E-state index >= 15 is 0 Å². The third-order valence-electron chi connectivity index (χ3n) is 10.7. The first-order chi connectivity index (χ1) is 26.3. The van der Waals surface area contributed by atoms with Crippen LogP contribution in [0, 0.1) is 0 Å². The molecule has 248 valence electrons. The van der Waals surface area contributed by atoms with Crippen molar-refractivity contribution >= 4 is 82.4 Å². The van der Waals surface area contributed by atoms with E-state index in [1.54, 1.807) is 0 Å². The summed E-state index contributed by atoms with van der Waals surface area (Å²) in [7, 11) is 0. The van der Waals surface area contributed by atoms with Gasteiger partial charge in [0.2, 0.25) is 0 Å². The molecule has 2 heterocycles. The molecule has 0 radical (unpaired) electrons. The van der Waals surface area contributed by atoms with E-state index in [-0.39, 0.29) is 0 Å². The first-order valence-electron chi connectivity index (χ1n) is 18.1. The molecule has 0 aliphatic rings. The Hall–Kier alpha value is -7.10. The van der Waals surface area contributed by atoms with Gasteiger partial charge in [0.05, 0.1) is 22.4 Å². The lowest BCUT2D eigenvalue weighted by Gasteiger charge is -2.28. The molecule has 0 bridgehead atoms. The smallest absolute Gasteiger partial charge is 0.137 e. The van der Waals surface area contributed by atoms with Gasteiger partial charge in [0.15, 0.2) is 0 Å². The molecule has 0 aliphatic carbocycles. The Bertz CT molecular complexity index is 3110. The molecule has 53 heavy (non-hydrogen) atoms. The standard InChI is InChI=1S/C50H32N2O/c1-3-18-39-33(12-1)14-10-23-45(39)51(46-24-11-15-34-13-2-4-19-40(34)46)37-17-9-16-35(30-37)36-26-29-48-44(31-36)41-20-5-7-22-47(41)52(48)38-27-28-43-42-21-6-8-25-49(42)53-50(43)32-38/h1-32H. The Kier molecular flexibility index (Phi) is 6.55. The van der Waals surface area contributed by atoms with Gasteiger partial charge in [0.1, 0.15) is 11.2 Å². The quantitative estimate of drug-likeness (QED) is 0.181. The van der Waals surface area contributed by atoms with Gasteiger partial charge in [-0.15, -0.1) is 0 Å². The van der Waals surface area contributed by atoms with Crippen LogP contribution in [-0.4, -0.2) is 4.57 Å². The summed E-state index contributed by atoms with van der Waals surface area (Å²) < 4.78 is 8.68. The van der Waals surface area contributed by atoms with Crippen LogP contribution in [0.1, 0.15) is 0 Å². The first-order valence-corrected chi connectivity index (χ1v) is 18.1. The summed E-state index contributed by atoms with van der Waals surface area (Å²) >= 11 is 0. The summed E-state index contributed by atoms with van der Waals surface area (Å²) in [6, 6.07) is 69.9. The number of anilines is 3. The summed E-state index contributed by atoms with van der Waals surface area (Å²) in [5.74, 6) is 0. The SMILES string of the molecule is c1cc(-c2ccc3c(c2)c2ccccc2n3-c2ccc3c(c2)oc2ccccc23)cc(N(c2cccc3ccccc23)c2cccc3ccccc23)c1. The highest BCUT2D eigenvalue weighted by Crippen LogP contribution is 2.43. The van der Waals surface area contributed by atoms with Crippen molar-refractivity contribution < 1.29 is 4.42 Å². The average molecular weight is 677 g/mol. The van der Waals surface area contributed by atoms with Crippen LogP contribution in [0.2, 0.25) is 0 Å². The minimum atomic E-state index is 0.894. The van der Waals surface area contributed by atoms with Crippen molar-refractivity contribution in [2.75, 3.05) is 4.90 Å². The molecule has 0 unspecified atom stereocenters. The van der Waals surface area contributed by atoms with E-state index in [0.29, 0.717) is 0 Å². The van der Waals surface area contributed by atoms with Gasteiger partial charge in [0, 0.05) is 49.8 Å². The van der Waals surface area contributed by atoms with E-state index in [9.17, 15) is 0 Å². The van der Waals surface area contributed by atoms with Crippen molar-refractivity contribution in [3.8, 4) is 16.8 Å². The second kappa shape index (κ2) is 11.7. The Morgan fingerprint density at radius 3 is 1.72 bits per heavy atom. The third kappa shape index (κ3) is 4.68. The fraction of sp³-hybridized carbons (Fsp3) is 0. The number of benzene rings is 9. The summed E-state index contributed by atoms with van der Waals surface area (Å²) in [4.78, 5) is 2.42. The molecule has 0 atom stereocenters. The molecule has 0 fully saturated rings. The number of hydrogen-bond donors (Lipinski definition) is 0. The van der Waals surface area contributed by atoms with Crippen molar-refractivity contribution in [2.24, 2.45) is 0 Å². The van der Waals surface area contributed by atoms with Crippen LogP contribution in [0.25, 0.3) is 82.1 Å². The van der Waals surface area contributed by atoms with Crippen molar-refractivity contribution in [3.63, 3.8) is 0 Å². The minimum absolute atomic E-state index is 0.894. The van der Waals surface area contributed by atoms with Crippen LogP contribution in [0.3, 0.4) is 0 Å². The molecule has 0 N–H and O–H groups in total. The molecule has 3 nitrogen and oxygen atoms in total. The number of nitrogens with zero attached hydrogens (tertiary/aromatic N) is 2. The number of para-hydroxylation sites is 2. The highest BCUT2D eigenvalue weighted by atomic mass is 16.3. The summed E-state index contributed by atoms with van der Waals surface area (Å²) in [6.45, 7) is 0. The number of hydrogen-bond acceptors (Lipinski definition) is 2. The molecule has 2 aromatic heterocycles. The topological polar surface area (TPSA) is 21.3 Å². The number of fused-ring (bicyclic) bond motifs is 8. The second-order valence-electron chi connectivity index (χ2n) is 13.7. The lowest BCUT2D eigenvalue weighted by molar-refractivity contribution is 0.668. The summed E-state index contributed by atoms with van der Waals surface area (Å²) in [6.07, 6.45) is 0. The Balaban J connectivity index is 1.09. The normalized spacial score (nSPS) is 11.8. The Morgan fingerprint density at radius 2 is 0.943 bits per heavy atom. The zero-order chi connectivity index (χ0) is 34.9. The molecule has 9 aromatic carbocycles. The molecule has 11 aromatic rings. The van der Waals surface area contributed by atoms with Gasteiger partial charge in [-0.25, -0.2) is 0 Å². The van der Waals surface area contributed by atoms with Gasteiger partial charge in [-0.3, -0.25) is 0 Å². The molecule has 3 heteroatoms. The van der Waals surface area contributed by atoms with Crippen LogP contribution < -0.4 is 4.90 Å². The lowest BCUT2D eigenvalue weighted by Crippen LogP contribution is -2.11.